The lowest BCUT2D eigenvalue weighted by Gasteiger charge is -2.36. The number of anilines is 1. The van der Waals surface area contributed by atoms with E-state index < -0.39 is 12.0 Å². The number of aromatic nitrogens is 2. The number of carbonyl (C=O) groups excluding carboxylic acids is 3. The van der Waals surface area contributed by atoms with E-state index in [-0.39, 0.29) is 37.9 Å². The first-order valence-electron chi connectivity index (χ1n) is 12.3. The molecule has 208 valence electrons. The van der Waals surface area contributed by atoms with Gasteiger partial charge in [0, 0.05) is 30.5 Å². The third-order valence-electron chi connectivity index (χ3n) is 5.56. The second kappa shape index (κ2) is 15.0. The second-order valence-corrected chi connectivity index (χ2v) is 8.93. The Labute approximate surface area is 220 Å². The fraction of sp³-hybridized carbons (Fsp3) is 0.500. The minimum absolute atomic E-state index is 0.0198. The topological polar surface area (TPSA) is 137 Å². The number of ether oxygens (including phenoxy) is 2. The molecule has 1 aromatic carbocycles. The minimum Gasteiger partial charge on any atom is -0.484 e. The van der Waals surface area contributed by atoms with E-state index >= 15 is 0 Å². The molecule has 2 heterocycles. The van der Waals surface area contributed by atoms with Crippen LogP contribution >= 0.6 is 0 Å². The third kappa shape index (κ3) is 9.75. The molecule has 10 nitrogen and oxygen atoms in total. The standard InChI is InChI=1S/C21H24F2N4O2.C3H4O3.C2H7N/c1-13-9-15(16-10-19(25-12-24-16)26-20(28)14-3-4-14)5-6-17(13)29-18-7-8-27(2)11-21(18,22)23;4-1-2-6-3-5;1-2-3/h5-6,9-10,12,14,18H,3-4,7-8,11H2,1-2H3,(H,24,25,26,28);1,3H,2H2;2-3H2,1H3. The Balaban J connectivity index is 0.000000490. The van der Waals surface area contributed by atoms with Gasteiger partial charge in [-0.05, 0) is 57.1 Å². The van der Waals surface area contributed by atoms with Gasteiger partial charge in [0.1, 0.15) is 24.5 Å². The van der Waals surface area contributed by atoms with Crippen molar-refractivity contribution < 1.29 is 32.6 Å². The number of hydrogen-bond acceptors (Lipinski definition) is 9. The van der Waals surface area contributed by atoms with Gasteiger partial charge in [-0.3, -0.25) is 14.4 Å². The molecule has 1 atom stereocenters. The van der Waals surface area contributed by atoms with Crippen LogP contribution in [-0.4, -0.2) is 78.8 Å². The van der Waals surface area contributed by atoms with Gasteiger partial charge in [-0.15, -0.1) is 0 Å². The predicted molar refractivity (Wildman–Crippen MR) is 138 cm³/mol. The van der Waals surface area contributed by atoms with E-state index in [1.807, 2.05) is 19.9 Å². The van der Waals surface area contributed by atoms with Gasteiger partial charge in [-0.2, -0.15) is 0 Å². The first-order chi connectivity index (χ1) is 18.1. The maximum Gasteiger partial charge on any atom is 0.296 e. The molecule has 4 rings (SSSR count). The molecule has 1 amide bonds. The fourth-order valence-electron chi connectivity index (χ4n) is 3.56. The van der Waals surface area contributed by atoms with Crippen molar-refractivity contribution in [3.63, 3.8) is 0 Å². The number of halogens is 2. The van der Waals surface area contributed by atoms with Gasteiger partial charge in [0.15, 0.2) is 12.4 Å². The fourth-order valence-corrected chi connectivity index (χ4v) is 3.56. The van der Waals surface area contributed by atoms with Gasteiger partial charge in [-0.1, -0.05) is 6.92 Å². The zero-order valence-corrected chi connectivity index (χ0v) is 21.9. The number of hydrogen-bond donors (Lipinski definition) is 2. The molecule has 38 heavy (non-hydrogen) atoms. The number of rotatable bonds is 8. The van der Waals surface area contributed by atoms with Gasteiger partial charge in [0.2, 0.25) is 5.91 Å². The molecule has 0 radical (unpaired) electrons. The first-order valence-corrected chi connectivity index (χ1v) is 12.3. The SMILES string of the molecule is CCN.Cc1cc(-c2cc(NC(=O)C3CC3)ncn2)ccc1OC1CCN(C)CC1(F)F.O=CCOC=O. The van der Waals surface area contributed by atoms with Crippen LogP contribution in [0.4, 0.5) is 14.6 Å². The highest BCUT2D eigenvalue weighted by molar-refractivity contribution is 5.93. The monoisotopic (exact) mass is 535 g/mol. The Morgan fingerprint density at radius 3 is 2.50 bits per heavy atom. The van der Waals surface area contributed by atoms with Crippen LogP contribution in [-0.2, 0) is 19.1 Å². The van der Waals surface area contributed by atoms with Crippen LogP contribution in [0.3, 0.4) is 0 Å². The Bertz CT molecular complexity index is 1060. The van der Waals surface area contributed by atoms with Crippen molar-refractivity contribution in [1.29, 1.82) is 0 Å². The summed E-state index contributed by atoms with van der Waals surface area (Å²) in [7, 11) is 1.69. The molecule has 1 aliphatic carbocycles. The number of benzene rings is 1. The summed E-state index contributed by atoms with van der Waals surface area (Å²) in [6.45, 7) is 4.85. The van der Waals surface area contributed by atoms with Crippen LogP contribution in [0.1, 0.15) is 31.7 Å². The van der Waals surface area contributed by atoms with E-state index in [0.29, 0.717) is 30.1 Å². The summed E-state index contributed by atoms with van der Waals surface area (Å²) in [5.74, 6) is -1.92. The van der Waals surface area contributed by atoms with Gasteiger partial charge in [-0.25, -0.2) is 18.7 Å². The molecule has 2 aliphatic rings. The average Bonchev–Trinajstić information content (AvgIpc) is 3.72. The molecule has 0 spiro atoms. The largest absolute Gasteiger partial charge is 0.484 e. The molecular weight excluding hydrogens is 500 g/mol. The van der Waals surface area contributed by atoms with Crippen molar-refractivity contribution in [2.75, 3.05) is 38.6 Å². The molecule has 3 N–H and O–H groups in total. The highest BCUT2D eigenvalue weighted by Gasteiger charge is 2.45. The molecule has 1 unspecified atom stereocenters. The van der Waals surface area contributed by atoms with Gasteiger partial charge >= 0.3 is 0 Å². The summed E-state index contributed by atoms with van der Waals surface area (Å²) in [4.78, 5) is 40.4. The van der Waals surface area contributed by atoms with Crippen molar-refractivity contribution >= 4 is 24.5 Å². The molecular formula is C26H35F2N5O5. The normalized spacial score (nSPS) is 18.0. The maximum absolute atomic E-state index is 14.3. The van der Waals surface area contributed by atoms with Crippen molar-refractivity contribution in [2.24, 2.45) is 11.7 Å². The molecule has 1 aromatic heterocycles. The predicted octanol–water partition coefficient (Wildman–Crippen LogP) is 2.84. The molecule has 12 heteroatoms. The van der Waals surface area contributed by atoms with Crippen molar-refractivity contribution in [2.45, 2.75) is 45.1 Å². The molecule has 1 saturated heterocycles. The number of aryl methyl sites for hydroxylation is 1. The van der Waals surface area contributed by atoms with Crippen molar-refractivity contribution in [1.82, 2.24) is 14.9 Å². The molecule has 2 fully saturated rings. The number of aldehydes is 1. The number of alkyl halides is 2. The summed E-state index contributed by atoms with van der Waals surface area (Å²) in [5.41, 5.74) is 7.04. The van der Waals surface area contributed by atoms with Gasteiger partial charge < -0.3 is 25.4 Å². The van der Waals surface area contributed by atoms with E-state index in [2.05, 4.69) is 20.0 Å². The van der Waals surface area contributed by atoms with Crippen molar-refractivity contribution in [3.8, 4) is 17.0 Å². The molecule has 0 bridgehead atoms. The van der Waals surface area contributed by atoms with E-state index in [9.17, 15) is 23.2 Å². The van der Waals surface area contributed by atoms with E-state index in [0.717, 1.165) is 30.5 Å². The Morgan fingerprint density at radius 1 is 1.24 bits per heavy atom. The lowest BCUT2D eigenvalue weighted by molar-refractivity contribution is -0.135. The number of nitrogens with zero attached hydrogens (tertiary/aromatic N) is 3. The van der Waals surface area contributed by atoms with Gasteiger partial charge in [0.05, 0.1) is 12.2 Å². The zero-order valence-electron chi connectivity index (χ0n) is 21.9. The van der Waals surface area contributed by atoms with Crippen LogP contribution in [0, 0.1) is 12.8 Å². The number of nitrogens with two attached hydrogens (primary N) is 1. The van der Waals surface area contributed by atoms with Gasteiger partial charge in [0.25, 0.3) is 12.4 Å². The van der Waals surface area contributed by atoms with Crippen LogP contribution in [0.15, 0.2) is 30.6 Å². The smallest absolute Gasteiger partial charge is 0.296 e. The Kier molecular flexibility index (Phi) is 12.2. The number of carbonyl (C=O) groups is 3. The van der Waals surface area contributed by atoms with Crippen LogP contribution < -0.4 is 15.8 Å². The van der Waals surface area contributed by atoms with E-state index in [1.165, 1.54) is 6.33 Å². The highest BCUT2D eigenvalue weighted by atomic mass is 19.3. The summed E-state index contributed by atoms with van der Waals surface area (Å²) in [6.07, 6.45) is 2.89. The van der Waals surface area contributed by atoms with E-state index in [1.54, 1.807) is 30.1 Å². The summed E-state index contributed by atoms with van der Waals surface area (Å²) < 4.78 is 38.2. The summed E-state index contributed by atoms with van der Waals surface area (Å²) >= 11 is 0. The Morgan fingerprint density at radius 2 is 1.95 bits per heavy atom. The zero-order chi connectivity index (χ0) is 28.1. The molecule has 2 aromatic rings. The summed E-state index contributed by atoms with van der Waals surface area (Å²) in [5, 5.41) is 2.80. The van der Waals surface area contributed by atoms with Crippen LogP contribution in [0.25, 0.3) is 11.3 Å². The van der Waals surface area contributed by atoms with E-state index in [4.69, 9.17) is 10.5 Å². The third-order valence-corrected chi connectivity index (χ3v) is 5.56. The maximum atomic E-state index is 14.3. The lowest BCUT2D eigenvalue weighted by Crippen LogP contribution is -2.52. The average molecular weight is 536 g/mol. The molecule has 1 saturated carbocycles. The minimum atomic E-state index is -2.89. The quantitative estimate of drug-likeness (QED) is 0.386. The number of piperidine rings is 1. The van der Waals surface area contributed by atoms with Crippen molar-refractivity contribution in [3.05, 3.63) is 36.2 Å². The first kappa shape index (κ1) is 30.7. The Hall–Kier alpha value is -3.51. The van der Waals surface area contributed by atoms with Crippen LogP contribution in [0.2, 0.25) is 0 Å². The number of nitrogens with one attached hydrogen (secondary N) is 1. The lowest BCUT2D eigenvalue weighted by atomic mass is 10.0. The molecule has 1 aliphatic heterocycles. The second-order valence-electron chi connectivity index (χ2n) is 8.93. The highest BCUT2D eigenvalue weighted by Crippen LogP contribution is 2.33. The number of amides is 1. The number of likely N-dealkylation sites (tertiary alicyclic amines) is 1. The summed E-state index contributed by atoms with van der Waals surface area (Å²) in [6, 6.07) is 7.03. The van der Waals surface area contributed by atoms with Crippen LogP contribution in [0.5, 0.6) is 5.75 Å².